The highest BCUT2D eigenvalue weighted by Gasteiger charge is 2.11. The largest absolute Gasteiger partial charge is 0.302 e. The number of ketones is 1. The fourth-order valence-electron chi connectivity index (χ4n) is 1.10. The van der Waals surface area contributed by atoms with Crippen LogP contribution in [-0.2, 0) is 4.79 Å². The van der Waals surface area contributed by atoms with E-state index < -0.39 is 17.4 Å². The summed E-state index contributed by atoms with van der Waals surface area (Å²) < 4.78 is 26.3. The molecule has 0 amide bonds. The van der Waals surface area contributed by atoms with Gasteiger partial charge in [-0.3, -0.25) is 4.79 Å². The Morgan fingerprint density at radius 1 is 1.38 bits per heavy atom. The fraction of sp³-hybridized carbons (Fsp3) is 0.167. The van der Waals surface area contributed by atoms with E-state index in [1.807, 2.05) is 0 Å². The summed E-state index contributed by atoms with van der Waals surface area (Å²) >= 11 is 0. The second-order valence-corrected chi connectivity index (χ2v) is 3.04. The van der Waals surface area contributed by atoms with Gasteiger partial charge in [-0.1, -0.05) is 11.8 Å². The van der Waals surface area contributed by atoms with E-state index in [4.69, 9.17) is 0 Å². The summed E-state index contributed by atoms with van der Waals surface area (Å²) in [6.45, 7) is 1.18. The van der Waals surface area contributed by atoms with Gasteiger partial charge < -0.3 is 4.79 Å². The Bertz CT molecular complexity index is 496. The number of benzene rings is 1. The highest BCUT2D eigenvalue weighted by Crippen LogP contribution is 2.14. The van der Waals surface area contributed by atoms with Gasteiger partial charge in [0.25, 0.3) is 0 Å². The van der Waals surface area contributed by atoms with Crippen molar-refractivity contribution in [3.8, 4) is 11.8 Å². The third-order valence-electron chi connectivity index (χ3n) is 1.84. The summed E-state index contributed by atoms with van der Waals surface area (Å²) in [6, 6.07) is 1.66. The van der Waals surface area contributed by atoms with Crippen LogP contribution in [0.1, 0.15) is 29.3 Å². The first-order valence-electron chi connectivity index (χ1n) is 4.48. The molecule has 0 saturated carbocycles. The van der Waals surface area contributed by atoms with Crippen LogP contribution in [0.5, 0.6) is 0 Å². The number of hydrogen-bond donors (Lipinski definition) is 0. The molecule has 0 spiro atoms. The van der Waals surface area contributed by atoms with E-state index in [9.17, 15) is 18.4 Å². The third kappa shape index (κ3) is 2.74. The molecule has 0 unspecified atom stereocenters. The zero-order valence-corrected chi connectivity index (χ0v) is 8.51. The Kier molecular flexibility index (Phi) is 3.90. The van der Waals surface area contributed by atoms with Crippen LogP contribution in [-0.4, -0.2) is 12.1 Å². The Hall–Kier alpha value is -2.02. The molecule has 0 fully saturated rings. The highest BCUT2D eigenvalue weighted by molar-refractivity contribution is 5.94. The van der Waals surface area contributed by atoms with Crippen molar-refractivity contribution in [1.82, 2.24) is 0 Å². The van der Waals surface area contributed by atoms with Crippen molar-refractivity contribution in [2.45, 2.75) is 13.3 Å². The van der Waals surface area contributed by atoms with Gasteiger partial charge in [0.15, 0.2) is 5.78 Å². The minimum Gasteiger partial charge on any atom is -0.302 e. The van der Waals surface area contributed by atoms with E-state index in [0.29, 0.717) is 12.4 Å². The molecule has 0 radical (unpaired) electrons. The molecule has 0 N–H and O–H groups in total. The summed E-state index contributed by atoms with van der Waals surface area (Å²) in [5.74, 6) is 2.49. The summed E-state index contributed by atoms with van der Waals surface area (Å²) in [7, 11) is 0. The molecule has 0 aliphatic carbocycles. The normalized spacial score (nSPS) is 9.19. The van der Waals surface area contributed by atoms with Gasteiger partial charge >= 0.3 is 0 Å². The Labute approximate surface area is 91.3 Å². The molecular formula is C12H8F2O2. The van der Waals surface area contributed by atoms with Crippen LogP contribution in [0, 0.1) is 23.5 Å². The summed E-state index contributed by atoms with van der Waals surface area (Å²) in [6.07, 6.45) is 0.534. The minimum absolute atomic E-state index is 0.0355. The molecule has 1 aromatic carbocycles. The van der Waals surface area contributed by atoms with Gasteiger partial charge in [0, 0.05) is 6.07 Å². The lowest BCUT2D eigenvalue weighted by Gasteiger charge is -2.00. The number of Topliss-reactive ketones (excluding diaryl/α,β-unsaturated/α-hetero) is 1. The maximum absolute atomic E-state index is 13.2. The average Bonchev–Trinajstić information content (AvgIpc) is 2.21. The first-order valence-corrected chi connectivity index (χ1v) is 4.48. The number of rotatable bonds is 2. The number of aldehydes is 1. The molecule has 0 aliphatic heterocycles. The van der Waals surface area contributed by atoms with Gasteiger partial charge in [0.1, 0.15) is 17.9 Å². The molecule has 0 atom stereocenters. The molecule has 82 valence electrons. The minimum atomic E-state index is -0.911. The molecule has 1 aromatic rings. The zero-order chi connectivity index (χ0) is 12.1. The number of hydrogen-bond acceptors (Lipinski definition) is 2. The lowest BCUT2D eigenvalue weighted by Crippen LogP contribution is -2.00. The smallest absolute Gasteiger partial charge is 0.162 e. The predicted molar refractivity (Wildman–Crippen MR) is 53.9 cm³/mol. The quantitative estimate of drug-likeness (QED) is 0.436. The zero-order valence-electron chi connectivity index (χ0n) is 8.51. The summed E-state index contributed by atoms with van der Waals surface area (Å²) in [5, 5.41) is 0. The standard InChI is InChI=1S/C12H8F2O2/c1-8(16)10-6-9(4-2-3-5-15)11(13)7-12(10)14/h5-7H,3H2,1H3. The molecule has 4 heteroatoms. The van der Waals surface area contributed by atoms with E-state index in [1.54, 1.807) is 0 Å². The highest BCUT2D eigenvalue weighted by atomic mass is 19.1. The van der Waals surface area contributed by atoms with Gasteiger partial charge in [0.2, 0.25) is 0 Å². The van der Waals surface area contributed by atoms with Crippen molar-refractivity contribution in [2.75, 3.05) is 0 Å². The maximum Gasteiger partial charge on any atom is 0.162 e. The number of halogens is 2. The predicted octanol–water partition coefficient (Wildman–Crippen LogP) is 2.11. The Morgan fingerprint density at radius 3 is 2.62 bits per heavy atom. The van der Waals surface area contributed by atoms with Crippen LogP contribution >= 0.6 is 0 Å². The SMILES string of the molecule is CC(=O)c1cc(C#CCC=O)c(F)cc1F. The van der Waals surface area contributed by atoms with Crippen LogP contribution in [0.15, 0.2) is 12.1 Å². The second kappa shape index (κ2) is 5.17. The van der Waals surface area contributed by atoms with E-state index in [0.717, 1.165) is 6.07 Å². The molecule has 1 rings (SSSR count). The first kappa shape index (κ1) is 12.1. The third-order valence-corrected chi connectivity index (χ3v) is 1.84. The lowest BCUT2D eigenvalue weighted by atomic mass is 10.1. The van der Waals surface area contributed by atoms with Crippen molar-refractivity contribution in [3.05, 3.63) is 34.9 Å². The fourth-order valence-corrected chi connectivity index (χ4v) is 1.10. The van der Waals surface area contributed by atoms with Crippen LogP contribution in [0.2, 0.25) is 0 Å². The van der Waals surface area contributed by atoms with Gasteiger partial charge in [0.05, 0.1) is 17.5 Å². The Morgan fingerprint density at radius 2 is 2.06 bits per heavy atom. The van der Waals surface area contributed by atoms with Gasteiger partial charge in [-0.2, -0.15) is 0 Å². The van der Waals surface area contributed by atoms with Gasteiger partial charge in [-0.25, -0.2) is 8.78 Å². The van der Waals surface area contributed by atoms with E-state index in [-0.39, 0.29) is 17.5 Å². The van der Waals surface area contributed by atoms with Crippen molar-refractivity contribution in [2.24, 2.45) is 0 Å². The van der Waals surface area contributed by atoms with Crippen molar-refractivity contribution in [3.63, 3.8) is 0 Å². The van der Waals surface area contributed by atoms with Gasteiger partial charge in [-0.15, -0.1) is 0 Å². The number of carbonyl (C=O) groups excluding carboxylic acids is 2. The van der Waals surface area contributed by atoms with Crippen LogP contribution in [0.25, 0.3) is 0 Å². The van der Waals surface area contributed by atoms with E-state index in [2.05, 4.69) is 11.8 Å². The molecule has 0 aliphatic rings. The molecule has 2 nitrogen and oxygen atoms in total. The van der Waals surface area contributed by atoms with Crippen molar-refractivity contribution in [1.29, 1.82) is 0 Å². The molecular weight excluding hydrogens is 214 g/mol. The Balaban J connectivity index is 3.21. The topological polar surface area (TPSA) is 34.1 Å². The van der Waals surface area contributed by atoms with Crippen molar-refractivity contribution >= 4 is 12.1 Å². The summed E-state index contributed by atoms with van der Waals surface area (Å²) in [5.41, 5.74) is -0.301. The first-order chi connectivity index (χ1) is 7.56. The molecule has 0 saturated heterocycles. The average molecular weight is 222 g/mol. The van der Waals surface area contributed by atoms with E-state index in [1.165, 1.54) is 6.92 Å². The second-order valence-electron chi connectivity index (χ2n) is 3.04. The monoisotopic (exact) mass is 222 g/mol. The molecule has 16 heavy (non-hydrogen) atoms. The van der Waals surface area contributed by atoms with Crippen molar-refractivity contribution < 1.29 is 18.4 Å². The maximum atomic E-state index is 13.2. The van der Waals surface area contributed by atoms with Crippen LogP contribution < -0.4 is 0 Å². The van der Waals surface area contributed by atoms with E-state index >= 15 is 0 Å². The van der Waals surface area contributed by atoms with Gasteiger partial charge in [-0.05, 0) is 13.0 Å². The number of carbonyl (C=O) groups is 2. The molecule has 0 heterocycles. The molecule has 0 aromatic heterocycles. The lowest BCUT2D eigenvalue weighted by molar-refractivity contribution is -0.107. The van der Waals surface area contributed by atoms with Crippen LogP contribution in [0.4, 0.5) is 8.78 Å². The van der Waals surface area contributed by atoms with Crippen LogP contribution in [0.3, 0.4) is 0 Å². The molecule has 0 bridgehead atoms. The summed E-state index contributed by atoms with van der Waals surface area (Å²) in [4.78, 5) is 21.0.